The smallest absolute Gasteiger partial charge is 0.154 e. The van der Waals surface area contributed by atoms with Gasteiger partial charge in [-0.15, -0.1) is 0 Å². The first-order valence-electron chi connectivity index (χ1n) is 5.92. The summed E-state index contributed by atoms with van der Waals surface area (Å²) in [6.07, 6.45) is 0.632. The normalized spacial score (nSPS) is 15.5. The first-order chi connectivity index (χ1) is 7.88. The molecule has 0 bridgehead atoms. The van der Waals surface area contributed by atoms with Crippen molar-refractivity contribution in [3.8, 4) is 0 Å². The highest BCUT2D eigenvalue weighted by molar-refractivity contribution is 7.92. The van der Waals surface area contributed by atoms with Gasteiger partial charge in [0.15, 0.2) is 9.84 Å². The Morgan fingerprint density at radius 2 is 1.76 bits per heavy atom. The molecule has 2 N–H and O–H groups in total. The van der Waals surface area contributed by atoms with Crippen LogP contribution in [0.2, 0.25) is 0 Å². The number of benzene rings is 1. The fraction of sp³-hybridized carbons (Fsp3) is 0.538. The molecule has 0 aromatic heterocycles. The number of sulfone groups is 1. The molecule has 0 amide bonds. The molecule has 0 fully saturated rings. The van der Waals surface area contributed by atoms with Crippen LogP contribution in [0.1, 0.15) is 37.4 Å². The average molecular weight is 255 g/mol. The van der Waals surface area contributed by atoms with Crippen molar-refractivity contribution >= 4 is 9.84 Å². The van der Waals surface area contributed by atoms with E-state index in [0.717, 1.165) is 11.1 Å². The van der Waals surface area contributed by atoms with Gasteiger partial charge in [-0.2, -0.15) is 0 Å². The third-order valence-electron chi connectivity index (χ3n) is 3.02. The van der Waals surface area contributed by atoms with Gasteiger partial charge in [-0.05, 0) is 25.8 Å². The monoisotopic (exact) mass is 255 g/mol. The minimum Gasteiger partial charge on any atom is -0.323 e. The van der Waals surface area contributed by atoms with Crippen molar-refractivity contribution in [2.24, 2.45) is 5.73 Å². The van der Waals surface area contributed by atoms with E-state index < -0.39 is 21.1 Å². The zero-order valence-electron chi connectivity index (χ0n) is 10.7. The van der Waals surface area contributed by atoms with Gasteiger partial charge in [-0.3, -0.25) is 0 Å². The van der Waals surface area contributed by atoms with Gasteiger partial charge in [-0.1, -0.05) is 36.8 Å². The van der Waals surface area contributed by atoms with Crippen LogP contribution in [-0.2, 0) is 9.84 Å². The van der Waals surface area contributed by atoms with E-state index in [9.17, 15) is 8.42 Å². The van der Waals surface area contributed by atoms with Gasteiger partial charge in [0.1, 0.15) is 0 Å². The van der Waals surface area contributed by atoms with Gasteiger partial charge in [0.2, 0.25) is 0 Å². The van der Waals surface area contributed by atoms with Crippen LogP contribution in [-0.4, -0.2) is 19.4 Å². The molecule has 1 rings (SSSR count). The van der Waals surface area contributed by atoms with Crippen LogP contribution in [0, 0.1) is 6.92 Å². The molecule has 96 valence electrons. The van der Waals surface area contributed by atoms with Crippen molar-refractivity contribution in [1.82, 2.24) is 0 Å². The van der Waals surface area contributed by atoms with Crippen molar-refractivity contribution < 1.29 is 8.42 Å². The molecule has 0 saturated heterocycles. The van der Waals surface area contributed by atoms with E-state index in [1.807, 2.05) is 38.1 Å². The Morgan fingerprint density at radius 1 is 1.24 bits per heavy atom. The summed E-state index contributed by atoms with van der Waals surface area (Å²) >= 11 is 0. The summed E-state index contributed by atoms with van der Waals surface area (Å²) < 4.78 is 23.9. The molecule has 3 nitrogen and oxygen atoms in total. The van der Waals surface area contributed by atoms with E-state index in [0.29, 0.717) is 6.42 Å². The fourth-order valence-electron chi connectivity index (χ4n) is 1.75. The standard InChI is InChI=1S/C13H21NO2S/c1-4-9-17(15,16)11(3)13(14)12-7-5-10(2)6-8-12/h5-8,11,13H,4,9,14H2,1-3H3. The third-order valence-corrected chi connectivity index (χ3v) is 5.43. The maximum absolute atomic E-state index is 11.9. The third kappa shape index (κ3) is 3.54. The first-order valence-corrected chi connectivity index (χ1v) is 7.63. The Labute approximate surface area is 104 Å². The van der Waals surface area contributed by atoms with Crippen LogP contribution >= 0.6 is 0 Å². The first kappa shape index (κ1) is 14.2. The van der Waals surface area contributed by atoms with E-state index >= 15 is 0 Å². The Morgan fingerprint density at radius 3 is 2.24 bits per heavy atom. The highest BCUT2D eigenvalue weighted by atomic mass is 32.2. The Hall–Kier alpha value is -0.870. The van der Waals surface area contributed by atoms with Crippen molar-refractivity contribution in [3.05, 3.63) is 35.4 Å². The lowest BCUT2D eigenvalue weighted by Gasteiger charge is -2.20. The lowest BCUT2D eigenvalue weighted by Crippen LogP contribution is -2.32. The number of nitrogens with two attached hydrogens (primary N) is 1. The minimum absolute atomic E-state index is 0.202. The average Bonchev–Trinajstić information content (AvgIpc) is 2.28. The Kier molecular flexibility index (Phi) is 4.71. The zero-order chi connectivity index (χ0) is 13.1. The van der Waals surface area contributed by atoms with E-state index in [1.165, 1.54) is 0 Å². The second-order valence-electron chi connectivity index (χ2n) is 4.51. The van der Waals surface area contributed by atoms with Crippen LogP contribution < -0.4 is 5.73 Å². The molecule has 0 saturated carbocycles. The lowest BCUT2D eigenvalue weighted by molar-refractivity contribution is 0.563. The largest absolute Gasteiger partial charge is 0.323 e. The van der Waals surface area contributed by atoms with Crippen LogP contribution in [0.25, 0.3) is 0 Å². The van der Waals surface area contributed by atoms with Crippen molar-refractivity contribution in [3.63, 3.8) is 0 Å². The van der Waals surface area contributed by atoms with Gasteiger partial charge in [0.05, 0.1) is 11.0 Å². The Balaban J connectivity index is 2.90. The van der Waals surface area contributed by atoms with E-state index in [-0.39, 0.29) is 5.75 Å². The molecule has 4 heteroatoms. The summed E-state index contributed by atoms with van der Waals surface area (Å²) in [6, 6.07) is 7.26. The summed E-state index contributed by atoms with van der Waals surface area (Å²) in [7, 11) is -3.09. The predicted octanol–water partition coefficient (Wildman–Crippen LogP) is 2.21. The molecule has 17 heavy (non-hydrogen) atoms. The number of aryl methyl sites for hydroxylation is 1. The molecule has 1 aromatic rings. The maximum Gasteiger partial charge on any atom is 0.154 e. The zero-order valence-corrected chi connectivity index (χ0v) is 11.5. The fourth-order valence-corrected chi connectivity index (χ4v) is 3.30. The topological polar surface area (TPSA) is 60.2 Å². The quantitative estimate of drug-likeness (QED) is 0.877. The molecule has 2 atom stereocenters. The van der Waals surface area contributed by atoms with Crippen molar-refractivity contribution in [2.45, 2.75) is 38.5 Å². The van der Waals surface area contributed by atoms with Crippen molar-refractivity contribution in [1.29, 1.82) is 0 Å². The highest BCUT2D eigenvalue weighted by Gasteiger charge is 2.26. The van der Waals surface area contributed by atoms with Gasteiger partial charge >= 0.3 is 0 Å². The van der Waals surface area contributed by atoms with Gasteiger partial charge in [0, 0.05) is 6.04 Å². The van der Waals surface area contributed by atoms with E-state index in [4.69, 9.17) is 5.73 Å². The molecule has 0 aliphatic rings. The maximum atomic E-state index is 11.9. The molecule has 0 spiro atoms. The molecular formula is C13H21NO2S. The lowest BCUT2D eigenvalue weighted by atomic mass is 10.0. The van der Waals surface area contributed by atoms with Gasteiger partial charge in [-0.25, -0.2) is 8.42 Å². The number of hydrogen-bond donors (Lipinski definition) is 1. The summed E-state index contributed by atoms with van der Waals surface area (Å²) in [5.74, 6) is 0.202. The summed E-state index contributed by atoms with van der Waals surface area (Å²) in [5.41, 5.74) is 8.05. The van der Waals surface area contributed by atoms with Crippen LogP contribution in [0.5, 0.6) is 0 Å². The number of hydrogen-bond acceptors (Lipinski definition) is 3. The van der Waals surface area contributed by atoms with Crippen molar-refractivity contribution in [2.75, 3.05) is 5.75 Å². The Bertz CT molecular complexity index is 451. The molecule has 0 aliphatic carbocycles. The number of rotatable bonds is 5. The summed E-state index contributed by atoms with van der Waals surface area (Å²) in [4.78, 5) is 0. The van der Waals surface area contributed by atoms with Gasteiger partial charge < -0.3 is 5.73 Å². The summed E-state index contributed by atoms with van der Waals surface area (Å²) in [5, 5.41) is -0.537. The van der Waals surface area contributed by atoms with Crippen LogP contribution in [0.15, 0.2) is 24.3 Å². The van der Waals surface area contributed by atoms with E-state index in [1.54, 1.807) is 6.92 Å². The second kappa shape index (κ2) is 5.65. The van der Waals surface area contributed by atoms with Gasteiger partial charge in [0.25, 0.3) is 0 Å². The SMILES string of the molecule is CCCS(=O)(=O)C(C)C(N)c1ccc(C)cc1. The minimum atomic E-state index is -3.09. The van der Waals surface area contributed by atoms with Crippen LogP contribution in [0.3, 0.4) is 0 Å². The molecule has 0 aliphatic heterocycles. The highest BCUT2D eigenvalue weighted by Crippen LogP contribution is 2.21. The molecular weight excluding hydrogens is 234 g/mol. The van der Waals surface area contributed by atoms with E-state index in [2.05, 4.69) is 0 Å². The molecule has 1 aromatic carbocycles. The second-order valence-corrected chi connectivity index (χ2v) is 6.99. The molecule has 2 unspecified atom stereocenters. The predicted molar refractivity (Wildman–Crippen MR) is 71.6 cm³/mol. The molecule has 0 radical (unpaired) electrons. The summed E-state index contributed by atoms with van der Waals surface area (Å²) in [6.45, 7) is 5.55. The molecule has 0 heterocycles. The van der Waals surface area contributed by atoms with Crippen LogP contribution in [0.4, 0.5) is 0 Å².